The van der Waals surface area contributed by atoms with E-state index in [4.69, 9.17) is 9.47 Å². The van der Waals surface area contributed by atoms with Crippen LogP contribution in [0.2, 0.25) is 0 Å². The van der Waals surface area contributed by atoms with Gasteiger partial charge in [0.05, 0.1) is 12.4 Å². The molecule has 3 rings (SSSR count). The van der Waals surface area contributed by atoms with Crippen LogP contribution in [0.15, 0.2) is 47.5 Å². The van der Waals surface area contributed by atoms with Crippen LogP contribution in [0.3, 0.4) is 0 Å². The zero-order chi connectivity index (χ0) is 20.1. The number of carbonyl (C=O) groups is 1. The Morgan fingerprint density at radius 1 is 1.14 bits per heavy atom. The summed E-state index contributed by atoms with van der Waals surface area (Å²) in [6.07, 6.45) is 0. The van der Waals surface area contributed by atoms with Gasteiger partial charge >= 0.3 is 5.97 Å². The van der Waals surface area contributed by atoms with Gasteiger partial charge in [-0.25, -0.2) is 4.79 Å². The Morgan fingerprint density at radius 3 is 2.57 bits per heavy atom. The van der Waals surface area contributed by atoms with Crippen molar-refractivity contribution in [3.8, 4) is 11.5 Å². The summed E-state index contributed by atoms with van der Waals surface area (Å²) in [5.41, 5.74) is 3.38. The van der Waals surface area contributed by atoms with Crippen LogP contribution in [0.4, 0.5) is 0 Å². The van der Waals surface area contributed by atoms with Crippen LogP contribution in [-0.4, -0.2) is 36.3 Å². The third-order valence-corrected chi connectivity index (χ3v) is 6.63. The van der Waals surface area contributed by atoms with Gasteiger partial charge in [0.15, 0.2) is 6.61 Å². The highest BCUT2D eigenvalue weighted by Gasteiger charge is 2.29. The Bertz CT molecular complexity index is 869. The number of aliphatic imine (C=N–C) groups is 1. The summed E-state index contributed by atoms with van der Waals surface area (Å²) < 4.78 is 15.9. The molecule has 0 N–H and O–H groups in total. The predicted molar refractivity (Wildman–Crippen MR) is 116 cm³/mol. The van der Waals surface area contributed by atoms with Gasteiger partial charge in [0.2, 0.25) is 0 Å². The molecular weight excluding hydrogens is 442 g/mol. The molecule has 7 heteroatoms. The number of hydrogen-bond acceptors (Lipinski definition) is 6. The number of benzene rings is 2. The van der Waals surface area contributed by atoms with Crippen molar-refractivity contribution in [2.45, 2.75) is 24.0 Å². The number of methoxy groups -OCH3 is 1. The van der Waals surface area contributed by atoms with E-state index in [-0.39, 0.29) is 16.8 Å². The van der Waals surface area contributed by atoms with E-state index >= 15 is 0 Å². The van der Waals surface area contributed by atoms with E-state index in [0.29, 0.717) is 12.4 Å². The van der Waals surface area contributed by atoms with Gasteiger partial charge in [-0.15, -0.1) is 0 Å². The first-order valence-electron chi connectivity index (χ1n) is 8.83. The highest BCUT2D eigenvalue weighted by Crippen LogP contribution is 2.43. The average molecular weight is 464 g/mol. The van der Waals surface area contributed by atoms with E-state index in [9.17, 15) is 4.79 Å². The summed E-state index contributed by atoms with van der Waals surface area (Å²) in [5.74, 6) is 0.949. The Labute approximate surface area is 177 Å². The van der Waals surface area contributed by atoms with Crippen LogP contribution in [0.1, 0.15) is 21.9 Å². The molecule has 28 heavy (non-hydrogen) atoms. The zero-order valence-electron chi connectivity index (χ0n) is 16.0. The van der Waals surface area contributed by atoms with Gasteiger partial charge in [-0.2, -0.15) is 0 Å². The molecule has 1 aliphatic heterocycles. The maximum absolute atomic E-state index is 11.2. The summed E-state index contributed by atoms with van der Waals surface area (Å²) in [5, 5.41) is 1.20. The summed E-state index contributed by atoms with van der Waals surface area (Å²) >= 11 is 5.38. The number of nitrogens with zero attached hydrogens (tertiary/aromatic N) is 1. The van der Waals surface area contributed by atoms with Crippen LogP contribution < -0.4 is 9.47 Å². The number of carbonyl (C=O) groups excluding carboxylic acids is 1. The molecule has 0 saturated heterocycles. The largest absolute Gasteiger partial charge is 0.487 e. The summed E-state index contributed by atoms with van der Waals surface area (Å²) in [4.78, 5) is 15.9. The number of rotatable bonds is 7. The quantitative estimate of drug-likeness (QED) is 0.334. The first kappa shape index (κ1) is 20.7. The Balaban J connectivity index is 1.55. The zero-order valence-corrected chi connectivity index (χ0v) is 18.4. The van der Waals surface area contributed by atoms with Gasteiger partial charge in [0.1, 0.15) is 28.1 Å². The molecule has 1 aliphatic rings. The SMILES string of the molecule is COC(=O)COc1ccc(OCC2=NC(Br)C(c3ccc(C)cc3)S2)cc1C. The Morgan fingerprint density at radius 2 is 1.89 bits per heavy atom. The number of alkyl halides is 1. The molecule has 0 aromatic heterocycles. The number of esters is 1. The van der Waals surface area contributed by atoms with E-state index in [1.54, 1.807) is 17.8 Å². The molecule has 2 aromatic carbocycles. The van der Waals surface area contributed by atoms with Gasteiger partial charge in [-0.3, -0.25) is 4.99 Å². The third-order valence-electron chi connectivity index (χ3n) is 4.27. The van der Waals surface area contributed by atoms with Crippen LogP contribution in [0.25, 0.3) is 0 Å². The summed E-state index contributed by atoms with van der Waals surface area (Å²) in [6, 6.07) is 14.0. The lowest BCUT2D eigenvalue weighted by Gasteiger charge is -2.13. The number of halogens is 1. The second-order valence-corrected chi connectivity index (χ2v) is 8.58. The highest BCUT2D eigenvalue weighted by atomic mass is 79.9. The topological polar surface area (TPSA) is 57.1 Å². The molecule has 0 amide bonds. The predicted octanol–water partition coefficient (Wildman–Crippen LogP) is 4.84. The van der Waals surface area contributed by atoms with Gasteiger partial charge in [-0.1, -0.05) is 57.5 Å². The molecule has 0 fully saturated rings. The van der Waals surface area contributed by atoms with Crippen molar-refractivity contribution in [1.82, 2.24) is 0 Å². The summed E-state index contributed by atoms with van der Waals surface area (Å²) in [6.45, 7) is 4.29. The standard InChI is InChI=1S/C21H22BrNO4S/c1-13-4-6-15(7-5-13)20-21(22)23-18(28-20)11-26-16-8-9-17(14(2)10-16)27-12-19(24)25-3/h4-10,20-21H,11-12H2,1-3H3. The first-order valence-corrected chi connectivity index (χ1v) is 10.6. The fraction of sp³-hybridized carbons (Fsp3) is 0.333. The minimum Gasteiger partial charge on any atom is -0.487 e. The van der Waals surface area contributed by atoms with Crippen LogP contribution in [-0.2, 0) is 9.53 Å². The molecule has 5 nitrogen and oxygen atoms in total. The monoisotopic (exact) mass is 463 g/mol. The van der Waals surface area contributed by atoms with E-state index in [2.05, 4.69) is 56.8 Å². The molecule has 0 radical (unpaired) electrons. The minimum absolute atomic E-state index is 0.0367. The lowest BCUT2D eigenvalue weighted by atomic mass is 10.1. The molecule has 1 heterocycles. The molecule has 0 spiro atoms. The highest BCUT2D eigenvalue weighted by molar-refractivity contribution is 9.09. The van der Waals surface area contributed by atoms with E-state index in [1.807, 2.05) is 19.1 Å². The normalized spacial score (nSPS) is 18.5. The van der Waals surface area contributed by atoms with Crippen molar-refractivity contribution >= 4 is 38.7 Å². The van der Waals surface area contributed by atoms with Crippen molar-refractivity contribution in [2.75, 3.05) is 20.3 Å². The van der Waals surface area contributed by atoms with Crippen molar-refractivity contribution in [3.63, 3.8) is 0 Å². The maximum atomic E-state index is 11.2. The second kappa shape index (κ2) is 9.47. The fourth-order valence-corrected chi connectivity index (χ4v) is 4.78. The number of aryl methyl sites for hydroxylation is 2. The number of ether oxygens (including phenoxy) is 3. The van der Waals surface area contributed by atoms with Gasteiger partial charge in [-0.05, 0) is 43.2 Å². The molecule has 2 unspecified atom stereocenters. The molecule has 2 atom stereocenters. The van der Waals surface area contributed by atoms with E-state index in [1.165, 1.54) is 18.2 Å². The first-order chi connectivity index (χ1) is 13.5. The molecule has 0 bridgehead atoms. The average Bonchev–Trinajstić information content (AvgIpc) is 3.06. The van der Waals surface area contributed by atoms with Gasteiger partial charge in [0.25, 0.3) is 0 Å². The number of thioether (sulfide) groups is 1. The Hall–Kier alpha value is -1.99. The van der Waals surface area contributed by atoms with E-state index < -0.39 is 5.97 Å². The fourth-order valence-electron chi connectivity index (χ4n) is 2.71. The van der Waals surface area contributed by atoms with Crippen LogP contribution in [0.5, 0.6) is 11.5 Å². The molecular formula is C21H22BrNO4S. The Kier molecular flexibility index (Phi) is 7.02. The maximum Gasteiger partial charge on any atom is 0.343 e. The smallest absolute Gasteiger partial charge is 0.343 e. The van der Waals surface area contributed by atoms with E-state index in [0.717, 1.165) is 16.4 Å². The molecule has 0 aliphatic carbocycles. The van der Waals surface area contributed by atoms with Crippen molar-refractivity contribution < 1.29 is 19.0 Å². The lowest BCUT2D eigenvalue weighted by molar-refractivity contribution is -0.142. The number of hydrogen-bond donors (Lipinski definition) is 0. The molecule has 0 saturated carbocycles. The third kappa shape index (κ3) is 5.29. The molecule has 2 aromatic rings. The summed E-state index contributed by atoms with van der Waals surface area (Å²) in [7, 11) is 1.33. The van der Waals surface area contributed by atoms with Crippen molar-refractivity contribution in [1.29, 1.82) is 0 Å². The van der Waals surface area contributed by atoms with Crippen LogP contribution in [0, 0.1) is 13.8 Å². The van der Waals surface area contributed by atoms with Crippen LogP contribution >= 0.6 is 27.7 Å². The van der Waals surface area contributed by atoms with Gasteiger partial charge < -0.3 is 14.2 Å². The van der Waals surface area contributed by atoms with Gasteiger partial charge in [0, 0.05) is 0 Å². The van der Waals surface area contributed by atoms with Crippen molar-refractivity contribution in [3.05, 3.63) is 59.2 Å². The lowest BCUT2D eigenvalue weighted by Crippen LogP contribution is -2.13. The van der Waals surface area contributed by atoms with Crippen molar-refractivity contribution in [2.24, 2.45) is 4.99 Å². The molecule has 148 valence electrons. The second-order valence-electron chi connectivity index (χ2n) is 6.43. The minimum atomic E-state index is -0.413.